The first-order chi connectivity index (χ1) is 6.00. The molecule has 6 nitrogen and oxygen atoms in total. The molecule has 0 rings (SSSR count). The molecule has 0 N–H and O–H groups in total. The molecule has 0 aliphatic heterocycles. The van der Waals surface area contributed by atoms with Crippen LogP contribution in [0.4, 0.5) is 0 Å². The largest absolute Gasteiger partial charge is 2.00 e. The van der Waals surface area contributed by atoms with Gasteiger partial charge in [-0.25, -0.2) is 0 Å². The van der Waals surface area contributed by atoms with Gasteiger partial charge in [0.25, 0.3) is 0 Å². The van der Waals surface area contributed by atoms with Gasteiger partial charge in [-0.3, -0.25) is 0 Å². The third-order valence-electron chi connectivity index (χ3n) is 0. The molecule has 15 heavy (non-hydrogen) atoms. The van der Waals surface area contributed by atoms with Gasteiger partial charge in [0, 0.05) is 0 Å². The second kappa shape index (κ2) is 14700. The summed E-state index contributed by atoms with van der Waals surface area (Å²) in [5.74, 6) is 0. The average molecular weight is 387 g/mol. The van der Waals surface area contributed by atoms with Crippen LogP contribution in [0.5, 0.6) is 0 Å². The maximum absolute atomic E-state index is 6.25. The topological polar surface area (TPSA) is 143 Å². The van der Waals surface area contributed by atoms with Gasteiger partial charge in [-0.2, -0.15) is 0 Å². The Bertz CT molecular complexity index is 101. The van der Waals surface area contributed by atoms with Crippen LogP contribution >= 0.6 is 0 Å². The molecular weight excluding hydrogens is 387 g/mol. The van der Waals surface area contributed by atoms with E-state index in [2.05, 4.69) is 0 Å². The molecule has 0 spiro atoms. The Kier molecular flexibility index (Phi) is 76200. The Hall–Kier alpha value is 0.421. The summed E-state index contributed by atoms with van der Waals surface area (Å²) in [6.45, 7) is 28.5. The van der Waals surface area contributed by atoms with E-state index in [1.54, 1.807) is 0 Å². The Labute approximate surface area is 175 Å². The fourth-order valence-electron chi connectivity index (χ4n) is 0. The summed E-state index contributed by atoms with van der Waals surface area (Å²) in [6.07, 6.45) is 0. The van der Waals surface area contributed by atoms with Gasteiger partial charge in [0.1, 0.15) is 0 Å². The summed E-state index contributed by atoms with van der Waals surface area (Å²) in [6, 6.07) is 0. The van der Waals surface area contributed by atoms with Gasteiger partial charge in [0.05, 0.1) is 0 Å². The number of hydrogen-bond acceptors (Lipinski definition) is 6. The maximum atomic E-state index is 6.25. The summed E-state index contributed by atoms with van der Waals surface area (Å²) in [4.78, 5) is 0. The van der Waals surface area contributed by atoms with E-state index in [4.69, 9.17) is 71.0 Å². The Balaban J connectivity index is -0.00000000396. The molecule has 0 unspecified atom stereocenters. The third kappa shape index (κ3) is 12600. The Morgan fingerprint density at radius 2 is 0.333 bits per heavy atom. The van der Waals surface area contributed by atoms with Crippen molar-refractivity contribution >= 4 is 91.0 Å². The zero-order valence-electron chi connectivity index (χ0n) is 7.45. The molecule has 0 amide bonds. The van der Waals surface area contributed by atoms with Crippen molar-refractivity contribution in [3.8, 4) is 0 Å². The molecular formula is C6FeN6Sr2. The van der Waals surface area contributed by atoms with Gasteiger partial charge in [-0.15, -0.1) is 0 Å². The van der Waals surface area contributed by atoms with E-state index in [0.29, 0.717) is 0 Å². The van der Waals surface area contributed by atoms with Crippen LogP contribution in [0.25, 0.3) is 0 Å². The molecule has 0 saturated carbocycles. The van der Waals surface area contributed by atoms with Gasteiger partial charge in [-0.1, -0.05) is 0 Å². The SMILES string of the molecule is [C-]#N.[C-]#N.[C-]#N.[C-]#N.[C-]#N.[C-]#N.[Fe+2].[Sr+2].[Sr+2]. The standard InChI is InChI=1S/6CN.Fe.2Sr/c6*1-2;;;/q6*-1;3*+2. The fraction of sp³-hybridized carbons (Fsp3) is 0. The predicted molar refractivity (Wildman–Crippen MR) is 41.3 cm³/mol. The van der Waals surface area contributed by atoms with Crippen molar-refractivity contribution in [3.63, 3.8) is 0 Å². The van der Waals surface area contributed by atoms with Crippen LogP contribution in [0.1, 0.15) is 0 Å². The number of hydrogen-bond donors (Lipinski definition) is 0. The molecule has 0 radical (unpaired) electrons. The average Bonchev–Trinajstić information content (AvgIpc) is 2.33. The van der Waals surface area contributed by atoms with E-state index in [1.807, 2.05) is 0 Å². The van der Waals surface area contributed by atoms with E-state index in [-0.39, 0.29) is 108 Å². The quantitative estimate of drug-likeness (QED) is 0.417. The molecule has 0 heterocycles. The van der Waals surface area contributed by atoms with Crippen molar-refractivity contribution in [2.45, 2.75) is 0 Å². The van der Waals surface area contributed by atoms with Crippen LogP contribution in [0.3, 0.4) is 0 Å². The minimum atomic E-state index is 0. The Morgan fingerprint density at radius 1 is 0.333 bits per heavy atom. The van der Waals surface area contributed by atoms with Crippen LogP contribution in [0, 0.1) is 71.0 Å². The second-order valence-electron chi connectivity index (χ2n) is 0. The van der Waals surface area contributed by atoms with Crippen molar-refractivity contribution in [2.24, 2.45) is 0 Å². The van der Waals surface area contributed by atoms with E-state index in [1.165, 1.54) is 0 Å². The molecule has 0 fully saturated rings. The van der Waals surface area contributed by atoms with Crippen LogP contribution in [-0.4, -0.2) is 91.0 Å². The predicted octanol–water partition coefficient (Wildman–Crippen LogP) is -0.186. The van der Waals surface area contributed by atoms with Gasteiger partial charge < -0.3 is 71.0 Å². The van der Waals surface area contributed by atoms with Crippen molar-refractivity contribution in [1.82, 2.24) is 0 Å². The first-order valence-electron chi connectivity index (χ1n) is 1.34. The van der Waals surface area contributed by atoms with E-state index >= 15 is 0 Å². The number of nitrogens with zero attached hydrogens (tertiary/aromatic N) is 6. The van der Waals surface area contributed by atoms with Gasteiger partial charge in [-0.05, 0) is 0 Å². The van der Waals surface area contributed by atoms with Gasteiger partial charge >= 0.3 is 108 Å². The van der Waals surface area contributed by atoms with Crippen LogP contribution in [0.2, 0.25) is 0 Å². The molecule has 0 aromatic carbocycles. The molecule has 0 atom stereocenters. The van der Waals surface area contributed by atoms with Gasteiger partial charge in [0.2, 0.25) is 0 Å². The Morgan fingerprint density at radius 3 is 0.333 bits per heavy atom. The maximum Gasteiger partial charge on any atom is 2.00 e. The van der Waals surface area contributed by atoms with Crippen molar-refractivity contribution in [1.29, 1.82) is 31.6 Å². The number of rotatable bonds is 0. The second-order valence-corrected chi connectivity index (χ2v) is 0. The van der Waals surface area contributed by atoms with Crippen molar-refractivity contribution < 1.29 is 17.1 Å². The molecule has 0 saturated heterocycles. The minimum Gasteiger partial charge on any atom is -0.512 e. The monoisotopic (exact) mass is 388 g/mol. The summed E-state index contributed by atoms with van der Waals surface area (Å²) in [5, 5.41) is 37.5. The van der Waals surface area contributed by atoms with Crippen LogP contribution in [0.15, 0.2) is 0 Å². The van der Waals surface area contributed by atoms with E-state index in [0.717, 1.165) is 0 Å². The molecule has 66 valence electrons. The molecule has 0 aromatic heterocycles. The van der Waals surface area contributed by atoms with Crippen molar-refractivity contribution in [2.75, 3.05) is 0 Å². The zero-order valence-corrected chi connectivity index (χ0v) is 15.5. The molecule has 0 aromatic rings. The van der Waals surface area contributed by atoms with Gasteiger partial charge in [0.15, 0.2) is 0 Å². The first-order valence-corrected chi connectivity index (χ1v) is 1.34. The first kappa shape index (κ1) is 77.8. The minimum absolute atomic E-state index is 0. The fourth-order valence-corrected chi connectivity index (χ4v) is 0. The molecule has 0 aliphatic carbocycles. The van der Waals surface area contributed by atoms with Crippen LogP contribution in [-0.2, 0) is 17.1 Å². The summed E-state index contributed by atoms with van der Waals surface area (Å²) in [7, 11) is 0. The van der Waals surface area contributed by atoms with Crippen molar-refractivity contribution in [3.05, 3.63) is 39.4 Å². The summed E-state index contributed by atoms with van der Waals surface area (Å²) in [5.41, 5.74) is 0. The zero-order chi connectivity index (χ0) is 12.0. The normalized spacial score (nSPS) is 0.800. The van der Waals surface area contributed by atoms with E-state index in [9.17, 15) is 0 Å². The summed E-state index contributed by atoms with van der Waals surface area (Å²) >= 11 is 0. The molecule has 0 aliphatic rings. The van der Waals surface area contributed by atoms with E-state index < -0.39 is 0 Å². The molecule has 9 heteroatoms. The summed E-state index contributed by atoms with van der Waals surface area (Å²) < 4.78 is 0. The molecule has 0 bridgehead atoms. The third-order valence-corrected chi connectivity index (χ3v) is 0. The van der Waals surface area contributed by atoms with Crippen LogP contribution < -0.4 is 0 Å². The smallest absolute Gasteiger partial charge is 0.512 e.